The second-order valence-electron chi connectivity index (χ2n) is 4.61. The van der Waals surface area contributed by atoms with E-state index in [1.807, 2.05) is 6.56 Å². The van der Waals surface area contributed by atoms with Crippen molar-refractivity contribution in [2.45, 2.75) is 21.1 Å². The molecule has 0 saturated heterocycles. The Kier molecular flexibility index (Phi) is 5.70. The van der Waals surface area contributed by atoms with Crippen LogP contribution in [0, 0.1) is 0 Å². The molecular weight excluding hydrogens is 330 g/mol. The molecule has 0 aromatic rings. The standard InChI is InChI=1S/2C5H5.C4H6.2ClH.Zr/c2*1-2-4-5-3-1;1-3-4-2;;;/h2*1-3H,4H2;3-4H,1-2H2;2*1H;/q;;;;;+2/p-2. The first kappa shape index (κ1) is 15.2. The molecular formula is C14H16Cl2Zr. The van der Waals surface area contributed by atoms with Crippen molar-refractivity contribution in [3.63, 3.8) is 0 Å². The molecule has 1 heterocycles. The minimum absolute atomic E-state index is 0. The van der Waals surface area contributed by atoms with Crippen LogP contribution in [0.1, 0.15) is 12.8 Å². The zero-order valence-electron chi connectivity index (χ0n) is 9.70. The van der Waals surface area contributed by atoms with Gasteiger partial charge in [0.05, 0.1) is 0 Å². The normalized spacial score (nSPS) is 21.2. The second-order valence-corrected chi connectivity index (χ2v) is 15.1. The van der Waals surface area contributed by atoms with Gasteiger partial charge in [0.2, 0.25) is 0 Å². The van der Waals surface area contributed by atoms with E-state index in [1.54, 1.807) is 0 Å². The van der Waals surface area contributed by atoms with Gasteiger partial charge in [-0.2, -0.15) is 0 Å². The van der Waals surface area contributed by atoms with E-state index >= 15 is 0 Å². The molecule has 0 amide bonds. The van der Waals surface area contributed by atoms with Gasteiger partial charge in [-0.3, -0.25) is 0 Å². The molecule has 0 fully saturated rings. The predicted octanol–water partition coefficient (Wildman–Crippen LogP) is -1.76. The summed E-state index contributed by atoms with van der Waals surface area (Å²) in [6, 6.07) is 0. The van der Waals surface area contributed by atoms with Crippen LogP contribution in [0.2, 0.25) is 8.26 Å². The molecule has 0 radical (unpaired) electrons. The molecule has 17 heavy (non-hydrogen) atoms. The molecule has 1 aliphatic heterocycles. The van der Waals surface area contributed by atoms with Crippen LogP contribution in [0.4, 0.5) is 0 Å². The molecule has 0 N–H and O–H groups in total. The van der Waals surface area contributed by atoms with Gasteiger partial charge < -0.3 is 24.8 Å². The first-order valence-corrected chi connectivity index (χ1v) is 11.7. The third-order valence-electron chi connectivity index (χ3n) is 3.87. The third-order valence-corrected chi connectivity index (χ3v) is 16.3. The van der Waals surface area contributed by atoms with Crippen molar-refractivity contribution in [1.82, 2.24) is 0 Å². The van der Waals surface area contributed by atoms with Crippen molar-refractivity contribution in [2.24, 2.45) is 0 Å². The number of halogens is 2. The molecule has 0 aromatic heterocycles. The average Bonchev–Trinajstić information content (AvgIpc) is 3.02. The SMILES string of the molecule is C1=CC[C]([Zr+2]2([C]3=CC=CC3)[CH2]C=C[CH2]2)=C1.[Cl-].[Cl-]. The van der Waals surface area contributed by atoms with E-state index in [1.165, 1.54) is 21.1 Å². The zero-order chi connectivity index (χ0) is 10.1. The number of allylic oxidation sites excluding steroid dienone is 10. The molecule has 3 rings (SSSR count). The van der Waals surface area contributed by atoms with Gasteiger partial charge in [0.1, 0.15) is 0 Å². The van der Waals surface area contributed by atoms with Crippen molar-refractivity contribution < 1.29 is 45.1 Å². The van der Waals surface area contributed by atoms with Gasteiger partial charge in [-0.05, 0) is 0 Å². The fraction of sp³-hybridized carbons (Fsp3) is 0.286. The van der Waals surface area contributed by atoms with Gasteiger partial charge in [-0.1, -0.05) is 0 Å². The van der Waals surface area contributed by atoms with E-state index in [-0.39, 0.29) is 24.8 Å². The first-order valence-electron chi connectivity index (χ1n) is 5.79. The van der Waals surface area contributed by atoms with Crippen molar-refractivity contribution in [3.8, 4) is 0 Å². The van der Waals surface area contributed by atoms with Crippen LogP contribution in [-0.4, -0.2) is 0 Å². The van der Waals surface area contributed by atoms with E-state index in [0.29, 0.717) is 0 Å². The molecule has 0 spiro atoms. The fourth-order valence-corrected chi connectivity index (χ4v) is 14.3. The molecule has 2 aliphatic carbocycles. The van der Waals surface area contributed by atoms with E-state index < -0.39 is 20.3 Å². The van der Waals surface area contributed by atoms with Gasteiger partial charge in [0.15, 0.2) is 0 Å². The van der Waals surface area contributed by atoms with E-state index in [0.717, 1.165) is 0 Å². The summed E-state index contributed by atoms with van der Waals surface area (Å²) in [7, 11) is 0. The third kappa shape index (κ3) is 2.62. The van der Waals surface area contributed by atoms with E-state index in [4.69, 9.17) is 0 Å². The Morgan fingerprint density at radius 2 is 1.18 bits per heavy atom. The Balaban J connectivity index is 0.000000722. The van der Waals surface area contributed by atoms with Gasteiger partial charge in [0.25, 0.3) is 0 Å². The van der Waals surface area contributed by atoms with E-state index in [9.17, 15) is 0 Å². The Labute approximate surface area is 120 Å². The van der Waals surface area contributed by atoms with Crippen molar-refractivity contribution in [2.75, 3.05) is 0 Å². The summed E-state index contributed by atoms with van der Waals surface area (Å²) in [5, 5.41) is 0. The second kappa shape index (κ2) is 6.36. The molecule has 0 nitrogen and oxygen atoms in total. The number of rotatable bonds is 2. The molecule has 0 unspecified atom stereocenters. The fourth-order valence-electron chi connectivity index (χ4n) is 2.99. The number of hydrogen-bond donors (Lipinski definition) is 0. The maximum atomic E-state index is 2.44. The molecule has 0 atom stereocenters. The molecule has 0 bridgehead atoms. The maximum Gasteiger partial charge on any atom is -1.00 e. The van der Waals surface area contributed by atoms with Crippen LogP contribution < -0.4 is 24.8 Å². The summed E-state index contributed by atoms with van der Waals surface area (Å²) in [5.74, 6) is 0. The smallest absolute Gasteiger partial charge is 1.00 e. The van der Waals surface area contributed by atoms with Crippen molar-refractivity contribution >= 4 is 0 Å². The quantitative estimate of drug-likeness (QED) is 0.520. The average molecular weight is 346 g/mol. The number of hydrogen-bond acceptors (Lipinski definition) is 0. The van der Waals surface area contributed by atoms with Gasteiger partial charge in [0, 0.05) is 0 Å². The summed E-state index contributed by atoms with van der Waals surface area (Å²) < 4.78 is 6.47. The Morgan fingerprint density at radius 3 is 1.53 bits per heavy atom. The summed E-state index contributed by atoms with van der Waals surface area (Å²) in [6.07, 6.45) is 21.4. The van der Waals surface area contributed by atoms with Crippen LogP contribution in [0.5, 0.6) is 0 Å². The van der Waals surface area contributed by atoms with Crippen LogP contribution in [0.25, 0.3) is 0 Å². The molecule has 3 heteroatoms. The van der Waals surface area contributed by atoms with Crippen LogP contribution in [0.15, 0.2) is 55.2 Å². The minimum atomic E-state index is -2.11. The Hall–Kier alpha value is 0.163. The van der Waals surface area contributed by atoms with Crippen LogP contribution >= 0.6 is 0 Å². The molecule has 90 valence electrons. The Morgan fingerprint density at radius 1 is 0.706 bits per heavy atom. The Bertz CT molecular complexity index is 388. The summed E-state index contributed by atoms with van der Waals surface area (Å²) in [5.41, 5.74) is 0. The topological polar surface area (TPSA) is 0 Å². The monoisotopic (exact) mass is 344 g/mol. The van der Waals surface area contributed by atoms with Gasteiger partial charge in [-0.15, -0.1) is 0 Å². The minimum Gasteiger partial charge on any atom is -1.00 e. The van der Waals surface area contributed by atoms with E-state index in [2.05, 4.69) is 48.6 Å². The first-order chi connectivity index (χ1) is 7.42. The predicted molar refractivity (Wildman–Crippen MR) is 62.4 cm³/mol. The summed E-state index contributed by atoms with van der Waals surface area (Å²) >= 11 is -2.11. The summed E-state index contributed by atoms with van der Waals surface area (Å²) in [6.45, 7) is 0. The summed E-state index contributed by atoms with van der Waals surface area (Å²) in [4.78, 5) is 0. The largest absolute Gasteiger partial charge is 1.00 e. The van der Waals surface area contributed by atoms with Crippen molar-refractivity contribution in [1.29, 1.82) is 0 Å². The molecule has 3 aliphatic rings. The van der Waals surface area contributed by atoms with Gasteiger partial charge >= 0.3 is 96.5 Å². The van der Waals surface area contributed by atoms with Crippen LogP contribution in [-0.2, 0) is 20.3 Å². The molecule has 0 aromatic carbocycles. The van der Waals surface area contributed by atoms with Crippen LogP contribution in [0.3, 0.4) is 0 Å². The zero-order valence-corrected chi connectivity index (χ0v) is 13.7. The van der Waals surface area contributed by atoms with Gasteiger partial charge in [-0.25, -0.2) is 0 Å². The maximum absolute atomic E-state index is 2.44. The molecule has 0 saturated carbocycles. The van der Waals surface area contributed by atoms with Crippen molar-refractivity contribution in [3.05, 3.63) is 55.2 Å².